The highest BCUT2D eigenvalue weighted by atomic mass is 16.5. The molecule has 3 rings (SSSR count). The number of nitriles is 1. The van der Waals surface area contributed by atoms with Crippen molar-refractivity contribution in [3.63, 3.8) is 0 Å². The number of nitrogens with one attached hydrogen (secondary N) is 1. The summed E-state index contributed by atoms with van der Waals surface area (Å²) in [6.07, 6.45) is 2.18. The number of aromatic nitrogens is 1. The molecule has 0 spiro atoms. The van der Waals surface area contributed by atoms with E-state index in [1.807, 2.05) is 0 Å². The predicted molar refractivity (Wildman–Crippen MR) is 90.3 cm³/mol. The van der Waals surface area contributed by atoms with E-state index in [-0.39, 0.29) is 5.84 Å². The predicted octanol–water partition coefficient (Wildman–Crippen LogP) is 1.95. The smallest absolute Gasteiger partial charge is 0.154 e. The van der Waals surface area contributed by atoms with Gasteiger partial charge in [-0.3, -0.25) is 20.7 Å². The van der Waals surface area contributed by atoms with E-state index in [0.717, 1.165) is 0 Å². The minimum absolute atomic E-state index is 0.170. The summed E-state index contributed by atoms with van der Waals surface area (Å²) < 4.78 is 5.86. The van der Waals surface area contributed by atoms with Crippen LogP contribution in [0.15, 0.2) is 47.7 Å². The summed E-state index contributed by atoms with van der Waals surface area (Å²) in [4.78, 5) is 8.50. The second-order valence-electron chi connectivity index (χ2n) is 6.29. The van der Waals surface area contributed by atoms with Crippen LogP contribution in [0.5, 0.6) is 5.75 Å². The van der Waals surface area contributed by atoms with Crippen molar-refractivity contribution in [2.75, 3.05) is 0 Å². The molecule has 25 heavy (non-hydrogen) atoms. The number of aliphatic hydroxyl groups is 1. The first kappa shape index (κ1) is 16.9. The molecule has 0 radical (unpaired) electrons. The van der Waals surface area contributed by atoms with Gasteiger partial charge in [-0.1, -0.05) is 0 Å². The summed E-state index contributed by atoms with van der Waals surface area (Å²) in [5.74, 6) is 0.717. The van der Waals surface area contributed by atoms with Gasteiger partial charge >= 0.3 is 0 Å². The maximum absolute atomic E-state index is 10.8. The van der Waals surface area contributed by atoms with Crippen LogP contribution in [0.1, 0.15) is 36.6 Å². The van der Waals surface area contributed by atoms with Gasteiger partial charge in [-0.15, -0.1) is 0 Å². The number of hydroxylamine groups is 1. The molecular weight excluding hydrogens is 320 g/mol. The number of amidine groups is 1. The molecule has 1 aliphatic heterocycles. The third-order valence-electron chi connectivity index (χ3n) is 4.15. The fraction of sp³-hybridized carbons (Fsp3) is 0.278. The van der Waals surface area contributed by atoms with Gasteiger partial charge in [0, 0.05) is 23.5 Å². The SMILES string of the molecule is CC1(C)Oc2ccc(C#N)cc2C(N=C(NO)c2cccnc2)C1O. The molecule has 1 aliphatic rings. The van der Waals surface area contributed by atoms with Gasteiger partial charge in [0.15, 0.2) is 5.84 Å². The lowest BCUT2D eigenvalue weighted by Gasteiger charge is -2.40. The zero-order valence-corrected chi connectivity index (χ0v) is 13.8. The summed E-state index contributed by atoms with van der Waals surface area (Å²) in [6, 6.07) is 9.79. The third-order valence-corrected chi connectivity index (χ3v) is 4.15. The molecule has 7 nitrogen and oxygen atoms in total. The number of fused-ring (bicyclic) bond motifs is 1. The lowest BCUT2D eigenvalue weighted by Crippen LogP contribution is -2.48. The average molecular weight is 338 g/mol. The van der Waals surface area contributed by atoms with Crippen molar-refractivity contribution in [2.24, 2.45) is 4.99 Å². The lowest BCUT2D eigenvalue weighted by atomic mass is 9.86. The van der Waals surface area contributed by atoms with Gasteiger partial charge in [0.2, 0.25) is 0 Å². The second-order valence-corrected chi connectivity index (χ2v) is 6.29. The first-order chi connectivity index (χ1) is 12.0. The Morgan fingerprint density at radius 3 is 2.84 bits per heavy atom. The monoisotopic (exact) mass is 338 g/mol. The van der Waals surface area contributed by atoms with Crippen molar-refractivity contribution in [1.29, 1.82) is 5.26 Å². The van der Waals surface area contributed by atoms with E-state index in [1.165, 1.54) is 0 Å². The molecule has 1 aromatic carbocycles. The molecule has 0 aliphatic carbocycles. The molecule has 3 N–H and O–H groups in total. The fourth-order valence-corrected chi connectivity index (χ4v) is 2.79. The molecule has 2 unspecified atom stereocenters. The molecule has 0 saturated carbocycles. The van der Waals surface area contributed by atoms with Crippen molar-refractivity contribution in [2.45, 2.75) is 31.6 Å². The van der Waals surface area contributed by atoms with Crippen LogP contribution in [0.2, 0.25) is 0 Å². The topological polar surface area (TPSA) is 111 Å². The normalized spacial score (nSPS) is 21.6. The highest BCUT2D eigenvalue weighted by Gasteiger charge is 2.43. The average Bonchev–Trinajstić information content (AvgIpc) is 2.62. The Morgan fingerprint density at radius 1 is 1.40 bits per heavy atom. The van der Waals surface area contributed by atoms with Crippen LogP contribution < -0.4 is 10.2 Å². The second kappa shape index (κ2) is 6.51. The molecule has 0 bridgehead atoms. The summed E-state index contributed by atoms with van der Waals surface area (Å²) in [5, 5.41) is 29.4. The van der Waals surface area contributed by atoms with Crippen molar-refractivity contribution in [1.82, 2.24) is 10.5 Å². The molecule has 2 aromatic rings. The fourth-order valence-electron chi connectivity index (χ4n) is 2.79. The number of aliphatic imine (C=N–C) groups is 1. The highest BCUT2D eigenvalue weighted by Crippen LogP contribution is 2.42. The quantitative estimate of drug-likeness (QED) is 0.438. The van der Waals surface area contributed by atoms with E-state index in [2.05, 4.69) is 21.5 Å². The molecule has 1 aromatic heterocycles. The van der Waals surface area contributed by atoms with Gasteiger partial charge in [-0.25, -0.2) is 0 Å². The number of aliphatic hydroxyl groups excluding tert-OH is 1. The van der Waals surface area contributed by atoms with E-state index >= 15 is 0 Å². The Morgan fingerprint density at radius 2 is 2.20 bits per heavy atom. The van der Waals surface area contributed by atoms with E-state index in [4.69, 9.17) is 10.00 Å². The molecule has 2 atom stereocenters. The van der Waals surface area contributed by atoms with Crippen molar-refractivity contribution >= 4 is 5.84 Å². The Bertz CT molecular complexity index is 843. The van der Waals surface area contributed by atoms with Crippen LogP contribution in [0, 0.1) is 11.3 Å². The molecule has 0 amide bonds. The number of pyridine rings is 1. The van der Waals surface area contributed by atoms with Crippen LogP contribution in [-0.4, -0.2) is 32.8 Å². The minimum atomic E-state index is -0.978. The van der Waals surface area contributed by atoms with Gasteiger partial charge in [-0.05, 0) is 44.2 Å². The number of ether oxygens (including phenoxy) is 1. The van der Waals surface area contributed by atoms with E-state index in [9.17, 15) is 10.3 Å². The molecule has 0 saturated heterocycles. The first-order valence-corrected chi connectivity index (χ1v) is 7.75. The van der Waals surface area contributed by atoms with Gasteiger partial charge < -0.3 is 9.84 Å². The molecule has 7 heteroatoms. The number of rotatable bonds is 2. The Kier molecular flexibility index (Phi) is 4.40. The molecule has 128 valence electrons. The maximum atomic E-state index is 10.8. The van der Waals surface area contributed by atoms with E-state index in [0.29, 0.717) is 22.4 Å². The minimum Gasteiger partial charge on any atom is -0.485 e. The Labute approximate surface area is 145 Å². The van der Waals surface area contributed by atoms with Gasteiger partial charge in [0.1, 0.15) is 23.5 Å². The highest BCUT2D eigenvalue weighted by molar-refractivity contribution is 5.97. The summed E-state index contributed by atoms with van der Waals surface area (Å²) in [5.41, 5.74) is 2.78. The number of hydrogen-bond acceptors (Lipinski definition) is 6. The van der Waals surface area contributed by atoms with Crippen molar-refractivity contribution in [3.05, 3.63) is 59.4 Å². The maximum Gasteiger partial charge on any atom is 0.154 e. The lowest BCUT2D eigenvalue weighted by molar-refractivity contribution is -0.0568. The summed E-state index contributed by atoms with van der Waals surface area (Å²) >= 11 is 0. The third kappa shape index (κ3) is 3.18. The van der Waals surface area contributed by atoms with Crippen LogP contribution in [0.25, 0.3) is 0 Å². The Balaban J connectivity index is 2.13. The number of nitrogens with zero attached hydrogens (tertiary/aromatic N) is 3. The molecule has 0 fully saturated rings. The number of hydrogen-bond donors (Lipinski definition) is 3. The van der Waals surface area contributed by atoms with Gasteiger partial charge in [0.25, 0.3) is 0 Å². The zero-order valence-electron chi connectivity index (χ0n) is 13.8. The van der Waals surface area contributed by atoms with Crippen LogP contribution in [-0.2, 0) is 0 Å². The van der Waals surface area contributed by atoms with Crippen LogP contribution in [0.4, 0.5) is 0 Å². The van der Waals surface area contributed by atoms with E-state index < -0.39 is 17.7 Å². The molecule has 2 heterocycles. The van der Waals surface area contributed by atoms with Crippen LogP contribution in [0.3, 0.4) is 0 Å². The summed E-state index contributed by atoms with van der Waals surface area (Å²) in [6.45, 7) is 3.52. The van der Waals surface area contributed by atoms with Crippen molar-refractivity contribution in [3.8, 4) is 11.8 Å². The zero-order chi connectivity index (χ0) is 18.0. The Hall–Kier alpha value is -2.95. The standard InChI is InChI=1S/C18H18N4O3/c1-18(2)16(23)15(13-8-11(9-19)5-6-14(13)25-18)21-17(22-24)12-4-3-7-20-10-12/h3-8,10,15-16,23-24H,1-2H3,(H,21,22). The van der Waals surface area contributed by atoms with E-state index in [1.54, 1.807) is 56.6 Å². The first-order valence-electron chi connectivity index (χ1n) is 7.75. The van der Waals surface area contributed by atoms with Gasteiger partial charge in [0.05, 0.1) is 11.6 Å². The van der Waals surface area contributed by atoms with Crippen molar-refractivity contribution < 1.29 is 15.1 Å². The largest absolute Gasteiger partial charge is 0.485 e. The summed E-state index contributed by atoms with van der Waals surface area (Å²) in [7, 11) is 0. The van der Waals surface area contributed by atoms with Crippen LogP contribution >= 0.6 is 0 Å². The number of benzene rings is 1. The molecular formula is C18H18N4O3. The van der Waals surface area contributed by atoms with Gasteiger partial charge in [-0.2, -0.15) is 5.26 Å².